The molecule has 2 heterocycles. The topological polar surface area (TPSA) is 109 Å². The third kappa shape index (κ3) is 1.66. The molecule has 2 aromatic heterocycles. The molecule has 74 valence electrons. The van der Waals surface area contributed by atoms with Gasteiger partial charge in [-0.15, -0.1) is 5.10 Å². The second-order valence-corrected chi connectivity index (χ2v) is 3.41. The minimum absolute atomic E-state index is 0.299. The van der Waals surface area contributed by atoms with E-state index in [4.69, 9.17) is 5.73 Å². The first kappa shape index (κ1) is 8.94. The Morgan fingerprint density at radius 3 is 2.93 bits per heavy atom. The van der Waals surface area contributed by atoms with Crippen LogP contribution in [0.25, 0.3) is 0 Å². The maximum absolute atomic E-state index is 5.48. The van der Waals surface area contributed by atoms with E-state index in [2.05, 4.69) is 30.5 Å². The van der Waals surface area contributed by atoms with Crippen LogP contribution in [-0.2, 0) is 12.8 Å². The predicted molar refractivity (Wildman–Crippen MR) is 47.1 cm³/mol. The number of aryl methyl sites for hydroxylation is 1. The van der Waals surface area contributed by atoms with E-state index in [1.165, 1.54) is 11.8 Å². The van der Waals surface area contributed by atoms with Crippen molar-refractivity contribution in [1.82, 2.24) is 30.5 Å². The van der Waals surface area contributed by atoms with Crippen molar-refractivity contribution in [2.24, 2.45) is 7.05 Å². The first-order valence-corrected chi connectivity index (χ1v) is 4.68. The van der Waals surface area contributed by atoms with Gasteiger partial charge in [0.05, 0.1) is 5.75 Å². The number of hydrogen-bond donors (Lipinski definition) is 1. The number of tetrazole rings is 1. The summed E-state index contributed by atoms with van der Waals surface area (Å²) >= 11 is 1.41. The molecule has 0 amide bonds. The summed E-state index contributed by atoms with van der Waals surface area (Å²) in [6, 6.07) is 0. The fourth-order valence-electron chi connectivity index (χ4n) is 0.790. The number of nitrogen functional groups attached to an aromatic ring is 1. The van der Waals surface area contributed by atoms with Crippen LogP contribution >= 0.6 is 11.8 Å². The highest BCUT2D eigenvalue weighted by molar-refractivity contribution is 7.98. The van der Waals surface area contributed by atoms with E-state index in [0.29, 0.717) is 22.4 Å². The third-order valence-corrected chi connectivity index (χ3v) is 2.53. The smallest absolute Gasteiger partial charge is 0.209 e. The summed E-state index contributed by atoms with van der Waals surface area (Å²) in [6.45, 7) is 0. The van der Waals surface area contributed by atoms with E-state index in [1.54, 1.807) is 11.7 Å². The molecule has 8 nitrogen and oxygen atoms in total. The zero-order chi connectivity index (χ0) is 9.97. The maximum Gasteiger partial charge on any atom is 0.209 e. The summed E-state index contributed by atoms with van der Waals surface area (Å²) in [7, 11) is 1.76. The van der Waals surface area contributed by atoms with Crippen molar-refractivity contribution in [3.05, 3.63) is 5.69 Å². The number of nitrogens with zero attached hydrogens (tertiary/aromatic N) is 6. The SMILES string of the molecule is Cn1nnnc1SCc1nonc1N. The maximum atomic E-state index is 5.48. The fraction of sp³-hybridized carbons (Fsp3) is 0.400. The number of nitrogens with two attached hydrogens (primary N) is 1. The van der Waals surface area contributed by atoms with E-state index in [9.17, 15) is 0 Å². The molecule has 2 rings (SSSR count). The van der Waals surface area contributed by atoms with E-state index < -0.39 is 0 Å². The summed E-state index contributed by atoms with van der Waals surface area (Å²) in [6.07, 6.45) is 0. The van der Waals surface area contributed by atoms with Crippen molar-refractivity contribution in [2.75, 3.05) is 5.73 Å². The Kier molecular flexibility index (Phi) is 2.31. The van der Waals surface area contributed by atoms with Crippen molar-refractivity contribution in [3.8, 4) is 0 Å². The van der Waals surface area contributed by atoms with Crippen molar-refractivity contribution < 1.29 is 4.63 Å². The lowest BCUT2D eigenvalue weighted by Gasteiger charge is -1.95. The number of anilines is 1. The summed E-state index contributed by atoms with van der Waals surface area (Å²) in [5.41, 5.74) is 6.07. The molecular formula is C5H7N7OS. The number of thioether (sulfide) groups is 1. The lowest BCUT2D eigenvalue weighted by Crippen LogP contribution is -1.95. The minimum Gasteiger partial charge on any atom is -0.379 e. The van der Waals surface area contributed by atoms with Crippen LogP contribution in [-0.4, -0.2) is 30.5 Å². The van der Waals surface area contributed by atoms with Crippen LogP contribution in [0.3, 0.4) is 0 Å². The molecule has 9 heteroatoms. The van der Waals surface area contributed by atoms with Gasteiger partial charge in [0.25, 0.3) is 0 Å². The average Bonchev–Trinajstić information content (AvgIpc) is 2.72. The van der Waals surface area contributed by atoms with Crippen molar-refractivity contribution in [2.45, 2.75) is 10.9 Å². The van der Waals surface area contributed by atoms with Crippen LogP contribution in [0.2, 0.25) is 0 Å². The molecule has 0 spiro atoms. The first-order chi connectivity index (χ1) is 6.77. The molecule has 0 saturated heterocycles. The molecule has 0 aromatic carbocycles. The highest BCUT2D eigenvalue weighted by atomic mass is 32.2. The third-order valence-electron chi connectivity index (χ3n) is 1.51. The van der Waals surface area contributed by atoms with E-state index in [0.717, 1.165) is 0 Å². The van der Waals surface area contributed by atoms with Gasteiger partial charge in [0.15, 0.2) is 5.82 Å². The lowest BCUT2D eigenvalue weighted by molar-refractivity contribution is 0.306. The normalized spacial score (nSPS) is 10.6. The van der Waals surface area contributed by atoms with Crippen LogP contribution in [0.4, 0.5) is 5.82 Å². The van der Waals surface area contributed by atoms with Gasteiger partial charge in [-0.1, -0.05) is 16.9 Å². The number of hydrogen-bond acceptors (Lipinski definition) is 8. The molecule has 0 radical (unpaired) electrons. The minimum atomic E-state index is 0.299. The molecule has 14 heavy (non-hydrogen) atoms. The monoisotopic (exact) mass is 213 g/mol. The quantitative estimate of drug-likeness (QED) is 0.677. The van der Waals surface area contributed by atoms with Gasteiger partial charge >= 0.3 is 0 Å². The Hall–Kier alpha value is -1.64. The molecule has 0 atom stereocenters. The van der Waals surface area contributed by atoms with Gasteiger partial charge in [0.2, 0.25) is 5.16 Å². The van der Waals surface area contributed by atoms with Gasteiger partial charge in [-0.05, 0) is 15.6 Å². The summed E-state index contributed by atoms with van der Waals surface area (Å²) in [5, 5.41) is 18.7. The van der Waals surface area contributed by atoms with Crippen LogP contribution in [0.5, 0.6) is 0 Å². The van der Waals surface area contributed by atoms with Gasteiger partial charge in [0.1, 0.15) is 5.69 Å². The van der Waals surface area contributed by atoms with Gasteiger partial charge in [-0.2, -0.15) is 0 Å². The molecule has 0 saturated carbocycles. The van der Waals surface area contributed by atoms with E-state index in [-0.39, 0.29) is 0 Å². The molecule has 0 fully saturated rings. The standard InChI is InChI=1S/C5H7N7OS/c1-12-5(7-10-11-12)14-2-3-4(6)9-13-8-3/h2H2,1H3,(H2,6,9). The van der Waals surface area contributed by atoms with E-state index in [1.807, 2.05) is 0 Å². The Morgan fingerprint density at radius 1 is 1.50 bits per heavy atom. The van der Waals surface area contributed by atoms with Crippen LogP contribution in [0, 0.1) is 0 Å². The molecule has 0 aliphatic carbocycles. The second-order valence-electron chi connectivity index (χ2n) is 2.47. The van der Waals surface area contributed by atoms with Crippen molar-refractivity contribution >= 4 is 17.6 Å². The average molecular weight is 213 g/mol. The molecule has 2 N–H and O–H groups in total. The molecule has 0 unspecified atom stereocenters. The largest absolute Gasteiger partial charge is 0.379 e. The first-order valence-electron chi connectivity index (χ1n) is 3.69. The van der Waals surface area contributed by atoms with Crippen molar-refractivity contribution in [1.29, 1.82) is 0 Å². The fourth-order valence-corrected chi connectivity index (χ4v) is 1.57. The number of rotatable bonds is 3. The van der Waals surface area contributed by atoms with Crippen LogP contribution in [0.1, 0.15) is 5.69 Å². The zero-order valence-electron chi connectivity index (χ0n) is 7.28. The predicted octanol–water partition coefficient (Wildman–Crippen LogP) is -0.532. The highest BCUT2D eigenvalue weighted by Crippen LogP contribution is 2.20. The van der Waals surface area contributed by atoms with Crippen LogP contribution in [0.15, 0.2) is 9.79 Å². The zero-order valence-corrected chi connectivity index (χ0v) is 8.10. The van der Waals surface area contributed by atoms with Crippen LogP contribution < -0.4 is 5.73 Å². The Bertz CT molecular complexity index is 383. The molecular weight excluding hydrogens is 206 g/mol. The molecule has 0 aliphatic rings. The molecule has 2 aromatic rings. The molecule has 0 aliphatic heterocycles. The summed E-state index contributed by atoms with van der Waals surface area (Å²) < 4.78 is 6.01. The second kappa shape index (κ2) is 3.62. The van der Waals surface area contributed by atoms with Gasteiger partial charge in [-0.25, -0.2) is 9.31 Å². The van der Waals surface area contributed by atoms with Crippen molar-refractivity contribution in [3.63, 3.8) is 0 Å². The summed E-state index contributed by atoms with van der Waals surface area (Å²) in [5.74, 6) is 0.830. The summed E-state index contributed by atoms with van der Waals surface area (Å²) in [4.78, 5) is 0. The Balaban J connectivity index is 2.02. The van der Waals surface area contributed by atoms with Gasteiger partial charge in [-0.3, -0.25) is 0 Å². The van der Waals surface area contributed by atoms with Gasteiger partial charge in [0, 0.05) is 7.05 Å². The van der Waals surface area contributed by atoms with E-state index >= 15 is 0 Å². The Morgan fingerprint density at radius 2 is 2.36 bits per heavy atom. The Labute approximate surface area is 82.8 Å². The van der Waals surface area contributed by atoms with Gasteiger partial charge < -0.3 is 5.73 Å². The highest BCUT2D eigenvalue weighted by Gasteiger charge is 2.09. The number of aromatic nitrogens is 6. The molecule has 0 bridgehead atoms. The lowest BCUT2D eigenvalue weighted by atomic mass is 10.5.